The molecule has 4 nitrogen and oxygen atoms in total. The highest BCUT2D eigenvalue weighted by Gasteiger charge is 2.09. The lowest BCUT2D eigenvalue weighted by atomic mass is 10.2. The quantitative estimate of drug-likeness (QED) is 0.496. The molecule has 0 saturated heterocycles. The summed E-state index contributed by atoms with van der Waals surface area (Å²) in [5, 5.41) is 2.90. The predicted octanol–water partition coefficient (Wildman–Crippen LogP) is 1.99. The van der Waals surface area contributed by atoms with Crippen molar-refractivity contribution in [2.75, 3.05) is 6.61 Å². The summed E-state index contributed by atoms with van der Waals surface area (Å²) in [6.07, 6.45) is 1.95. The number of benzene rings is 1. The molecule has 0 aromatic heterocycles. The molecule has 0 atom stereocenters. The van der Waals surface area contributed by atoms with Gasteiger partial charge in [-0.1, -0.05) is 23.7 Å². The average molecular weight is 254 g/mol. The van der Waals surface area contributed by atoms with E-state index in [9.17, 15) is 9.59 Å². The summed E-state index contributed by atoms with van der Waals surface area (Å²) in [6.45, 7) is 1.94. The second-order valence-electron chi connectivity index (χ2n) is 3.09. The molecule has 0 unspecified atom stereocenters. The number of rotatable bonds is 5. The van der Waals surface area contributed by atoms with E-state index in [-0.39, 0.29) is 12.3 Å². The topological polar surface area (TPSA) is 55.4 Å². The molecule has 17 heavy (non-hydrogen) atoms. The Morgan fingerprint density at radius 2 is 2.06 bits per heavy atom. The van der Waals surface area contributed by atoms with Crippen molar-refractivity contribution in [1.29, 1.82) is 0 Å². The lowest BCUT2D eigenvalue weighted by molar-refractivity contribution is -0.139. The van der Waals surface area contributed by atoms with Crippen LogP contribution in [0.4, 0.5) is 0 Å². The molecular weight excluding hydrogens is 242 g/mol. The van der Waals surface area contributed by atoms with Gasteiger partial charge in [0.1, 0.15) is 5.70 Å². The van der Waals surface area contributed by atoms with Crippen molar-refractivity contribution in [3.8, 4) is 0 Å². The summed E-state index contributed by atoms with van der Waals surface area (Å²) in [5.41, 5.74) is 0.830. The van der Waals surface area contributed by atoms with Gasteiger partial charge in [0.25, 0.3) is 0 Å². The molecule has 1 rings (SSSR count). The highest BCUT2D eigenvalue weighted by molar-refractivity contribution is 6.30. The number of hydrogen-bond acceptors (Lipinski definition) is 3. The van der Waals surface area contributed by atoms with Gasteiger partial charge in [0.05, 0.1) is 6.61 Å². The fourth-order valence-corrected chi connectivity index (χ4v) is 1.28. The van der Waals surface area contributed by atoms with Crippen LogP contribution in [-0.4, -0.2) is 19.0 Å². The van der Waals surface area contributed by atoms with Gasteiger partial charge < -0.3 is 10.1 Å². The van der Waals surface area contributed by atoms with Crippen molar-refractivity contribution in [3.05, 3.63) is 40.5 Å². The number of ether oxygens (including phenoxy) is 1. The molecule has 1 amide bonds. The Kier molecular flexibility index (Phi) is 5.23. The third-order valence-corrected chi connectivity index (χ3v) is 2.14. The minimum absolute atomic E-state index is 0.0872. The third kappa shape index (κ3) is 4.28. The Labute approximate surface area is 104 Å². The van der Waals surface area contributed by atoms with Crippen LogP contribution < -0.4 is 5.32 Å². The Morgan fingerprint density at radius 3 is 2.59 bits per heavy atom. The second kappa shape index (κ2) is 6.70. The number of hydrogen-bond donors (Lipinski definition) is 1. The molecule has 0 aliphatic carbocycles. The first-order valence-electron chi connectivity index (χ1n) is 5.02. The fraction of sp³-hybridized carbons (Fsp3) is 0.167. The fourth-order valence-electron chi connectivity index (χ4n) is 1.16. The van der Waals surface area contributed by atoms with E-state index in [1.54, 1.807) is 31.2 Å². The molecule has 0 aliphatic rings. The van der Waals surface area contributed by atoms with Crippen molar-refractivity contribution in [2.45, 2.75) is 6.92 Å². The predicted molar refractivity (Wildman–Crippen MR) is 65.3 cm³/mol. The van der Waals surface area contributed by atoms with Crippen molar-refractivity contribution < 1.29 is 14.3 Å². The van der Waals surface area contributed by atoms with Crippen molar-refractivity contribution in [1.82, 2.24) is 5.32 Å². The van der Waals surface area contributed by atoms with Crippen LogP contribution in [0, 0.1) is 0 Å². The zero-order valence-electron chi connectivity index (χ0n) is 9.27. The van der Waals surface area contributed by atoms with Gasteiger partial charge in [-0.15, -0.1) is 0 Å². The zero-order chi connectivity index (χ0) is 12.7. The van der Waals surface area contributed by atoms with E-state index in [1.807, 2.05) is 0 Å². The Morgan fingerprint density at radius 1 is 1.41 bits per heavy atom. The third-order valence-electron chi connectivity index (χ3n) is 1.89. The van der Waals surface area contributed by atoms with Crippen molar-refractivity contribution >= 4 is 30.1 Å². The Bertz CT molecular complexity index is 426. The maximum absolute atomic E-state index is 11.5. The largest absolute Gasteiger partial charge is 0.461 e. The van der Waals surface area contributed by atoms with Crippen molar-refractivity contribution in [3.63, 3.8) is 0 Å². The normalized spacial score (nSPS) is 10.8. The molecular formula is C12H12ClNO3. The molecule has 0 aliphatic heterocycles. The number of nitrogens with one attached hydrogen (secondary N) is 1. The first-order chi connectivity index (χ1) is 8.17. The first kappa shape index (κ1) is 13.3. The minimum atomic E-state index is -0.574. The molecule has 1 aromatic rings. The van der Waals surface area contributed by atoms with Gasteiger partial charge in [-0.25, -0.2) is 4.79 Å². The molecule has 0 heterocycles. The van der Waals surface area contributed by atoms with E-state index in [0.29, 0.717) is 11.4 Å². The van der Waals surface area contributed by atoms with Crippen molar-refractivity contribution in [2.24, 2.45) is 0 Å². The van der Waals surface area contributed by atoms with Crippen LogP contribution in [0.25, 0.3) is 6.08 Å². The van der Waals surface area contributed by atoms with Crippen LogP contribution in [0.15, 0.2) is 30.0 Å². The summed E-state index contributed by atoms with van der Waals surface area (Å²) in [5.74, 6) is -0.574. The van der Waals surface area contributed by atoms with Crippen LogP contribution in [0.1, 0.15) is 12.5 Å². The molecule has 0 bridgehead atoms. The van der Waals surface area contributed by atoms with Crippen LogP contribution in [0.5, 0.6) is 0 Å². The lowest BCUT2D eigenvalue weighted by Crippen LogP contribution is -2.20. The van der Waals surface area contributed by atoms with Gasteiger partial charge in [0, 0.05) is 5.02 Å². The van der Waals surface area contributed by atoms with E-state index in [2.05, 4.69) is 5.32 Å². The van der Waals surface area contributed by atoms with Crippen LogP contribution in [0.2, 0.25) is 5.02 Å². The molecule has 5 heteroatoms. The lowest BCUT2D eigenvalue weighted by Gasteiger charge is -2.05. The molecule has 0 saturated carbocycles. The zero-order valence-corrected chi connectivity index (χ0v) is 10.0. The smallest absolute Gasteiger partial charge is 0.354 e. The minimum Gasteiger partial charge on any atom is -0.461 e. The summed E-state index contributed by atoms with van der Waals surface area (Å²) < 4.78 is 4.80. The van der Waals surface area contributed by atoms with Gasteiger partial charge >= 0.3 is 5.97 Å². The van der Waals surface area contributed by atoms with E-state index in [1.165, 1.54) is 6.08 Å². The molecule has 0 spiro atoms. The van der Waals surface area contributed by atoms with Gasteiger partial charge in [-0.05, 0) is 30.7 Å². The first-order valence-corrected chi connectivity index (χ1v) is 5.39. The number of halogens is 1. The maximum Gasteiger partial charge on any atom is 0.354 e. The monoisotopic (exact) mass is 253 g/mol. The van der Waals surface area contributed by atoms with Crippen LogP contribution in [-0.2, 0) is 14.3 Å². The summed E-state index contributed by atoms with van der Waals surface area (Å²) in [6, 6.07) is 6.84. The SMILES string of the molecule is CCOC(=O)/C(=C\c1ccc(Cl)cc1)NC=O. The summed E-state index contributed by atoms with van der Waals surface area (Å²) >= 11 is 5.74. The maximum atomic E-state index is 11.5. The number of amides is 1. The Hall–Kier alpha value is -1.81. The van der Waals surface area contributed by atoms with Crippen LogP contribution in [0.3, 0.4) is 0 Å². The number of esters is 1. The standard InChI is InChI=1S/C12H12ClNO3/c1-2-17-12(16)11(14-8-15)7-9-3-5-10(13)6-4-9/h3-8H,2H2,1H3,(H,14,15)/b11-7+. The van der Waals surface area contributed by atoms with Gasteiger partial charge in [-0.3, -0.25) is 4.79 Å². The van der Waals surface area contributed by atoms with E-state index in [0.717, 1.165) is 5.56 Å². The molecule has 0 fully saturated rings. The second-order valence-corrected chi connectivity index (χ2v) is 3.53. The van der Waals surface area contributed by atoms with Crippen LogP contribution >= 0.6 is 11.6 Å². The summed E-state index contributed by atoms with van der Waals surface area (Å²) in [7, 11) is 0. The number of carbonyl (C=O) groups excluding carboxylic acids is 2. The highest BCUT2D eigenvalue weighted by atomic mass is 35.5. The molecule has 1 N–H and O–H groups in total. The number of carbonyl (C=O) groups is 2. The Balaban J connectivity index is 2.92. The molecule has 90 valence electrons. The van der Waals surface area contributed by atoms with E-state index < -0.39 is 5.97 Å². The van der Waals surface area contributed by atoms with Gasteiger partial charge in [0.15, 0.2) is 0 Å². The highest BCUT2D eigenvalue weighted by Crippen LogP contribution is 2.12. The molecule has 0 radical (unpaired) electrons. The average Bonchev–Trinajstić information content (AvgIpc) is 2.31. The molecule has 1 aromatic carbocycles. The summed E-state index contributed by atoms with van der Waals surface area (Å²) in [4.78, 5) is 21.9. The van der Waals surface area contributed by atoms with E-state index in [4.69, 9.17) is 16.3 Å². The van der Waals surface area contributed by atoms with Gasteiger partial charge in [-0.2, -0.15) is 0 Å². The van der Waals surface area contributed by atoms with Gasteiger partial charge in [0.2, 0.25) is 6.41 Å². The van der Waals surface area contributed by atoms with E-state index >= 15 is 0 Å².